The Morgan fingerprint density at radius 1 is 1.00 bits per heavy atom. The molecule has 126 valence electrons. The number of carbonyl (C=O) groups is 1. The molecule has 0 aliphatic rings. The normalized spacial score (nSPS) is 13.7. The van der Waals surface area contributed by atoms with Crippen molar-refractivity contribution in [2.24, 2.45) is 0 Å². The van der Waals surface area contributed by atoms with Gasteiger partial charge in [0, 0.05) is 0 Å². The van der Waals surface area contributed by atoms with Crippen LogP contribution in [0.3, 0.4) is 0 Å². The SMILES string of the molecule is CC(C)=CCCC(C)=CCCC(C)=CCOC(=O)C(O)CO. The molecule has 0 rings (SSSR count). The Labute approximate surface area is 134 Å². The van der Waals surface area contributed by atoms with Crippen LogP contribution in [0.1, 0.15) is 53.4 Å². The summed E-state index contributed by atoms with van der Waals surface area (Å²) in [6.07, 6.45) is 8.94. The summed E-state index contributed by atoms with van der Waals surface area (Å²) in [6, 6.07) is 0. The molecule has 0 fully saturated rings. The van der Waals surface area contributed by atoms with Gasteiger partial charge in [-0.25, -0.2) is 4.79 Å². The summed E-state index contributed by atoms with van der Waals surface area (Å²) in [4.78, 5) is 11.1. The summed E-state index contributed by atoms with van der Waals surface area (Å²) in [5.41, 5.74) is 3.88. The minimum absolute atomic E-state index is 0.130. The average Bonchev–Trinajstić information content (AvgIpc) is 2.45. The van der Waals surface area contributed by atoms with Crippen molar-refractivity contribution in [2.45, 2.75) is 59.5 Å². The van der Waals surface area contributed by atoms with Crippen LogP contribution in [0, 0.1) is 0 Å². The Morgan fingerprint density at radius 2 is 1.55 bits per heavy atom. The van der Waals surface area contributed by atoms with Gasteiger partial charge in [0.1, 0.15) is 6.61 Å². The third-order valence-electron chi connectivity index (χ3n) is 3.23. The third kappa shape index (κ3) is 11.3. The lowest BCUT2D eigenvalue weighted by Crippen LogP contribution is -2.26. The van der Waals surface area contributed by atoms with Gasteiger partial charge in [0.05, 0.1) is 6.61 Å². The van der Waals surface area contributed by atoms with Gasteiger partial charge >= 0.3 is 5.97 Å². The maximum Gasteiger partial charge on any atom is 0.337 e. The van der Waals surface area contributed by atoms with Crippen LogP contribution >= 0.6 is 0 Å². The van der Waals surface area contributed by atoms with Crippen molar-refractivity contribution in [2.75, 3.05) is 13.2 Å². The second-order valence-electron chi connectivity index (χ2n) is 5.79. The quantitative estimate of drug-likeness (QED) is 0.480. The molecule has 1 atom stereocenters. The summed E-state index contributed by atoms with van der Waals surface area (Å²) in [6.45, 7) is 7.88. The average molecular weight is 310 g/mol. The van der Waals surface area contributed by atoms with Crippen LogP contribution in [0.4, 0.5) is 0 Å². The summed E-state index contributed by atoms with van der Waals surface area (Å²) >= 11 is 0. The molecule has 4 nitrogen and oxygen atoms in total. The Hall–Kier alpha value is -1.39. The fourth-order valence-electron chi connectivity index (χ4n) is 1.78. The van der Waals surface area contributed by atoms with Gasteiger partial charge in [-0.2, -0.15) is 0 Å². The Morgan fingerprint density at radius 3 is 2.09 bits per heavy atom. The highest BCUT2D eigenvalue weighted by molar-refractivity contribution is 5.74. The van der Waals surface area contributed by atoms with Crippen molar-refractivity contribution in [1.29, 1.82) is 0 Å². The molecule has 4 heteroatoms. The number of rotatable bonds is 10. The first kappa shape index (κ1) is 20.6. The van der Waals surface area contributed by atoms with Crippen molar-refractivity contribution in [1.82, 2.24) is 0 Å². The van der Waals surface area contributed by atoms with Crippen LogP contribution in [-0.2, 0) is 9.53 Å². The second-order valence-corrected chi connectivity index (χ2v) is 5.79. The number of hydrogen-bond acceptors (Lipinski definition) is 4. The van der Waals surface area contributed by atoms with Crippen LogP contribution in [0.25, 0.3) is 0 Å². The lowest BCUT2D eigenvalue weighted by atomic mass is 10.1. The second kappa shape index (κ2) is 12.2. The van der Waals surface area contributed by atoms with E-state index in [1.54, 1.807) is 0 Å². The first-order valence-electron chi connectivity index (χ1n) is 7.77. The zero-order valence-electron chi connectivity index (χ0n) is 14.3. The molecule has 0 radical (unpaired) electrons. The smallest absolute Gasteiger partial charge is 0.337 e. The molecule has 0 amide bonds. The minimum atomic E-state index is -1.44. The monoisotopic (exact) mass is 310 g/mol. The van der Waals surface area contributed by atoms with E-state index < -0.39 is 18.7 Å². The molecule has 0 aromatic heterocycles. The third-order valence-corrected chi connectivity index (χ3v) is 3.23. The largest absolute Gasteiger partial charge is 0.459 e. The minimum Gasteiger partial charge on any atom is -0.459 e. The molecular formula is C18H30O4. The lowest BCUT2D eigenvalue weighted by molar-refractivity contribution is -0.154. The molecule has 2 N–H and O–H groups in total. The van der Waals surface area contributed by atoms with Crippen LogP contribution in [0.5, 0.6) is 0 Å². The summed E-state index contributed by atoms with van der Waals surface area (Å²) in [7, 11) is 0. The molecule has 22 heavy (non-hydrogen) atoms. The Kier molecular flexibility index (Phi) is 11.4. The van der Waals surface area contributed by atoms with Crippen molar-refractivity contribution >= 4 is 5.97 Å². The number of ether oxygens (including phenoxy) is 1. The molecule has 0 saturated carbocycles. The fourth-order valence-corrected chi connectivity index (χ4v) is 1.78. The molecule has 0 spiro atoms. The van der Waals surface area contributed by atoms with E-state index in [1.807, 2.05) is 13.0 Å². The molecule has 0 aromatic carbocycles. The molecule has 0 aliphatic carbocycles. The van der Waals surface area contributed by atoms with E-state index in [0.29, 0.717) is 0 Å². The molecular weight excluding hydrogens is 280 g/mol. The number of allylic oxidation sites excluding steroid dienone is 5. The predicted molar refractivity (Wildman–Crippen MR) is 89.5 cm³/mol. The van der Waals surface area contributed by atoms with Crippen LogP contribution in [-0.4, -0.2) is 35.5 Å². The van der Waals surface area contributed by atoms with E-state index in [2.05, 4.69) is 32.9 Å². The lowest BCUT2D eigenvalue weighted by Gasteiger charge is -2.06. The van der Waals surface area contributed by atoms with Gasteiger partial charge in [-0.15, -0.1) is 0 Å². The number of aliphatic hydroxyl groups is 2. The van der Waals surface area contributed by atoms with Crippen LogP contribution in [0.15, 0.2) is 34.9 Å². The Bertz CT molecular complexity index is 415. The standard InChI is InChI=1S/C18H30O4/c1-14(2)7-5-8-15(3)9-6-10-16(4)11-12-22-18(21)17(20)13-19/h7,9,11,17,19-20H,5-6,8,10,12-13H2,1-4H3. The van der Waals surface area contributed by atoms with Crippen molar-refractivity contribution in [3.63, 3.8) is 0 Å². The number of hydrogen-bond donors (Lipinski definition) is 2. The predicted octanol–water partition coefficient (Wildman–Crippen LogP) is 3.30. The maximum absolute atomic E-state index is 11.1. The van der Waals surface area contributed by atoms with E-state index >= 15 is 0 Å². The van der Waals surface area contributed by atoms with Crippen LogP contribution in [0.2, 0.25) is 0 Å². The highest BCUT2D eigenvalue weighted by Crippen LogP contribution is 2.11. The van der Waals surface area contributed by atoms with Gasteiger partial charge in [-0.05, 0) is 59.5 Å². The first-order chi connectivity index (χ1) is 10.4. The van der Waals surface area contributed by atoms with Gasteiger partial charge < -0.3 is 14.9 Å². The molecule has 1 unspecified atom stereocenters. The van der Waals surface area contributed by atoms with E-state index in [-0.39, 0.29) is 6.61 Å². The number of aliphatic hydroxyl groups excluding tert-OH is 2. The van der Waals surface area contributed by atoms with Gasteiger partial charge in [-0.1, -0.05) is 28.9 Å². The van der Waals surface area contributed by atoms with Crippen molar-refractivity contribution in [3.05, 3.63) is 34.9 Å². The van der Waals surface area contributed by atoms with E-state index in [1.165, 1.54) is 11.1 Å². The van der Waals surface area contributed by atoms with Crippen LogP contribution < -0.4 is 0 Å². The van der Waals surface area contributed by atoms with Crippen molar-refractivity contribution in [3.8, 4) is 0 Å². The molecule has 0 saturated heterocycles. The summed E-state index contributed by atoms with van der Waals surface area (Å²) < 4.78 is 4.82. The molecule has 0 heterocycles. The van der Waals surface area contributed by atoms with Gasteiger partial charge in [0.25, 0.3) is 0 Å². The van der Waals surface area contributed by atoms with Crippen molar-refractivity contribution < 1.29 is 19.7 Å². The summed E-state index contributed by atoms with van der Waals surface area (Å²) in [5, 5.41) is 17.6. The van der Waals surface area contributed by atoms with Gasteiger partial charge in [0.2, 0.25) is 0 Å². The molecule has 0 aromatic rings. The fraction of sp³-hybridized carbons (Fsp3) is 0.611. The zero-order chi connectivity index (χ0) is 17.0. The molecule has 0 bridgehead atoms. The summed E-state index contributed by atoms with van der Waals surface area (Å²) in [5.74, 6) is -0.790. The highest BCUT2D eigenvalue weighted by Gasteiger charge is 2.13. The topological polar surface area (TPSA) is 66.8 Å². The number of esters is 1. The van der Waals surface area contributed by atoms with E-state index in [4.69, 9.17) is 14.9 Å². The first-order valence-corrected chi connectivity index (χ1v) is 7.77. The highest BCUT2D eigenvalue weighted by atomic mass is 16.5. The van der Waals surface area contributed by atoms with Gasteiger partial charge in [-0.3, -0.25) is 0 Å². The number of carbonyl (C=O) groups excluding carboxylic acids is 1. The maximum atomic E-state index is 11.1. The van der Waals surface area contributed by atoms with E-state index in [9.17, 15) is 4.79 Å². The van der Waals surface area contributed by atoms with E-state index in [0.717, 1.165) is 31.3 Å². The molecule has 0 aliphatic heterocycles. The zero-order valence-corrected chi connectivity index (χ0v) is 14.3. The Balaban J connectivity index is 3.96. The van der Waals surface area contributed by atoms with Gasteiger partial charge in [0.15, 0.2) is 6.10 Å².